The highest BCUT2D eigenvalue weighted by Crippen LogP contribution is 2.29. The molecule has 2 aliphatic rings. The molecular weight excluding hydrogens is 274 g/mol. The largest absolute Gasteiger partial charge is 0.367 e. The minimum absolute atomic E-state index is 0.0875. The van der Waals surface area contributed by atoms with Crippen LogP contribution in [-0.4, -0.2) is 47.7 Å². The summed E-state index contributed by atoms with van der Waals surface area (Å²) in [6.07, 6.45) is 2.06. The van der Waals surface area contributed by atoms with Crippen LogP contribution in [0.1, 0.15) is 23.2 Å². The summed E-state index contributed by atoms with van der Waals surface area (Å²) < 4.78 is 0. The minimum atomic E-state index is -0.510. The number of non-ortho nitro benzene ring substituents is 1. The van der Waals surface area contributed by atoms with Gasteiger partial charge in [-0.25, -0.2) is 0 Å². The van der Waals surface area contributed by atoms with Crippen molar-refractivity contribution in [2.45, 2.75) is 18.9 Å². The molecule has 1 aromatic carbocycles. The Morgan fingerprint density at radius 2 is 2.14 bits per heavy atom. The maximum atomic E-state index is 11.7. The van der Waals surface area contributed by atoms with Crippen molar-refractivity contribution in [3.63, 3.8) is 0 Å². The van der Waals surface area contributed by atoms with Gasteiger partial charge in [0.25, 0.3) is 5.69 Å². The van der Waals surface area contributed by atoms with Crippen LogP contribution < -0.4 is 4.90 Å². The molecule has 7 nitrogen and oxygen atoms in total. The van der Waals surface area contributed by atoms with Crippen molar-refractivity contribution in [3.8, 4) is 0 Å². The van der Waals surface area contributed by atoms with Crippen molar-refractivity contribution in [2.75, 3.05) is 24.5 Å². The van der Waals surface area contributed by atoms with E-state index in [-0.39, 0.29) is 17.6 Å². The molecular formula is C14H15N3O4. The lowest BCUT2D eigenvalue weighted by atomic mass is 10.1. The highest BCUT2D eigenvalue weighted by atomic mass is 16.6. The zero-order valence-electron chi connectivity index (χ0n) is 11.4. The number of nitro groups is 1. The van der Waals surface area contributed by atoms with Gasteiger partial charge in [-0.05, 0) is 12.5 Å². The summed E-state index contributed by atoms with van der Waals surface area (Å²) in [6, 6.07) is 4.51. The fourth-order valence-corrected chi connectivity index (χ4v) is 3.12. The Bertz CT molecular complexity index is 616. The van der Waals surface area contributed by atoms with Gasteiger partial charge in [0.05, 0.1) is 4.92 Å². The summed E-state index contributed by atoms with van der Waals surface area (Å²) in [6.45, 7) is 1.95. The molecule has 3 rings (SSSR count). The molecule has 1 aromatic rings. The van der Waals surface area contributed by atoms with E-state index in [1.54, 1.807) is 6.07 Å². The van der Waals surface area contributed by atoms with Crippen LogP contribution in [0.5, 0.6) is 0 Å². The molecule has 7 heteroatoms. The summed E-state index contributed by atoms with van der Waals surface area (Å²) >= 11 is 0. The van der Waals surface area contributed by atoms with Crippen LogP contribution in [0, 0.1) is 10.1 Å². The fraction of sp³-hybridized carbons (Fsp3) is 0.429. The summed E-state index contributed by atoms with van der Waals surface area (Å²) in [5.74, 6) is 0.193. The Morgan fingerprint density at radius 3 is 2.86 bits per heavy atom. The maximum Gasteiger partial charge on any atom is 0.270 e. The second-order valence-corrected chi connectivity index (χ2v) is 5.34. The quantitative estimate of drug-likeness (QED) is 0.474. The molecule has 0 aliphatic carbocycles. The Morgan fingerprint density at radius 1 is 1.33 bits per heavy atom. The summed E-state index contributed by atoms with van der Waals surface area (Å²) in [5.41, 5.74) is 0.937. The van der Waals surface area contributed by atoms with Gasteiger partial charge in [-0.3, -0.25) is 19.7 Å². The van der Waals surface area contributed by atoms with Crippen LogP contribution in [0.2, 0.25) is 0 Å². The highest BCUT2D eigenvalue weighted by Gasteiger charge is 2.36. The summed E-state index contributed by atoms with van der Waals surface area (Å²) in [4.78, 5) is 37.1. The van der Waals surface area contributed by atoms with Gasteiger partial charge >= 0.3 is 0 Å². The predicted octanol–water partition coefficient (Wildman–Crippen LogP) is 1.22. The molecule has 2 aliphatic heterocycles. The minimum Gasteiger partial charge on any atom is -0.367 e. The van der Waals surface area contributed by atoms with Crippen molar-refractivity contribution in [1.82, 2.24) is 4.90 Å². The van der Waals surface area contributed by atoms with Crippen molar-refractivity contribution in [2.24, 2.45) is 0 Å². The number of hydrogen-bond acceptors (Lipinski definition) is 5. The number of anilines is 1. The number of amides is 1. The van der Waals surface area contributed by atoms with Crippen molar-refractivity contribution in [1.29, 1.82) is 0 Å². The second-order valence-electron chi connectivity index (χ2n) is 5.34. The molecule has 0 spiro atoms. The van der Waals surface area contributed by atoms with E-state index in [1.807, 2.05) is 9.80 Å². The SMILES string of the molecule is O=Cc1cc([N+](=O)[O-])ccc1N1CCN2C(=O)CCC2C1. The van der Waals surface area contributed by atoms with Crippen LogP contribution in [0.25, 0.3) is 0 Å². The molecule has 21 heavy (non-hydrogen) atoms. The van der Waals surface area contributed by atoms with Crippen molar-refractivity contribution in [3.05, 3.63) is 33.9 Å². The molecule has 0 radical (unpaired) electrons. The van der Waals surface area contributed by atoms with Gasteiger partial charge in [-0.15, -0.1) is 0 Å². The molecule has 1 unspecified atom stereocenters. The molecule has 2 heterocycles. The standard InChI is InChI=1S/C14H15N3O4/c18-9-10-7-11(17(20)21)1-3-13(10)15-5-6-16-12(8-15)2-4-14(16)19/h1,3,7,9,12H,2,4-6,8H2. The van der Waals surface area contributed by atoms with Gasteiger partial charge in [0, 0.05) is 55.5 Å². The zero-order chi connectivity index (χ0) is 15.0. The third kappa shape index (κ3) is 2.35. The van der Waals surface area contributed by atoms with Gasteiger partial charge in [0.1, 0.15) is 0 Å². The number of rotatable bonds is 3. The second kappa shape index (κ2) is 5.16. The van der Waals surface area contributed by atoms with Gasteiger partial charge in [0.15, 0.2) is 6.29 Å². The average Bonchev–Trinajstić information content (AvgIpc) is 2.87. The number of nitrogens with zero attached hydrogens (tertiary/aromatic N) is 3. The number of nitro benzene ring substituents is 1. The van der Waals surface area contributed by atoms with Gasteiger partial charge < -0.3 is 9.80 Å². The van der Waals surface area contributed by atoms with E-state index >= 15 is 0 Å². The van der Waals surface area contributed by atoms with Crippen LogP contribution in [0.4, 0.5) is 11.4 Å². The van der Waals surface area contributed by atoms with E-state index in [2.05, 4.69) is 0 Å². The fourth-order valence-electron chi connectivity index (χ4n) is 3.12. The Kier molecular flexibility index (Phi) is 3.32. The Hall–Kier alpha value is -2.44. The van der Waals surface area contributed by atoms with E-state index < -0.39 is 4.92 Å². The van der Waals surface area contributed by atoms with Crippen LogP contribution in [-0.2, 0) is 4.79 Å². The van der Waals surface area contributed by atoms with E-state index in [0.29, 0.717) is 43.6 Å². The number of carbonyl (C=O) groups is 2. The number of hydrogen-bond donors (Lipinski definition) is 0. The van der Waals surface area contributed by atoms with E-state index in [4.69, 9.17) is 0 Å². The van der Waals surface area contributed by atoms with E-state index in [1.165, 1.54) is 12.1 Å². The topological polar surface area (TPSA) is 83.8 Å². The molecule has 0 bridgehead atoms. The average molecular weight is 289 g/mol. The first kappa shape index (κ1) is 13.5. The van der Waals surface area contributed by atoms with Crippen molar-refractivity contribution < 1.29 is 14.5 Å². The van der Waals surface area contributed by atoms with Crippen LogP contribution in [0.3, 0.4) is 0 Å². The van der Waals surface area contributed by atoms with E-state index in [9.17, 15) is 19.7 Å². The van der Waals surface area contributed by atoms with Gasteiger partial charge in [0.2, 0.25) is 5.91 Å². The number of fused-ring (bicyclic) bond motifs is 1. The molecule has 0 saturated carbocycles. The molecule has 110 valence electrons. The normalized spacial score (nSPS) is 21.3. The lowest BCUT2D eigenvalue weighted by Crippen LogP contribution is -2.51. The van der Waals surface area contributed by atoms with Gasteiger partial charge in [-0.2, -0.15) is 0 Å². The zero-order valence-corrected chi connectivity index (χ0v) is 11.4. The number of carbonyl (C=O) groups excluding carboxylic acids is 2. The van der Waals surface area contributed by atoms with Gasteiger partial charge in [-0.1, -0.05) is 0 Å². The molecule has 2 fully saturated rings. The molecule has 2 saturated heterocycles. The molecule has 1 amide bonds. The molecule has 0 N–H and O–H groups in total. The summed E-state index contributed by atoms with van der Waals surface area (Å²) in [5, 5.41) is 10.8. The maximum absolute atomic E-state index is 11.7. The predicted molar refractivity (Wildman–Crippen MR) is 75.4 cm³/mol. The third-order valence-corrected chi connectivity index (χ3v) is 4.18. The van der Waals surface area contributed by atoms with Crippen molar-refractivity contribution >= 4 is 23.6 Å². The smallest absolute Gasteiger partial charge is 0.270 e. The first-order valence-corrected chi connectivity index (χ1v) is 6.88. The Balaban J connectivity index is 1.86. The molecule has 0 aromatic heterocycles. The highest BCUT2D eigenvalue weighted by molar-refractivity contribution is 5.86. The Labute approximate surface area is 121 Å². The summed E-state index contributed by atoms with van der Waals surface area (Å²) in [7, 11) is 0. The van der Waals surface area contributed by atoms with Crippen LogP contribution in [0.15, 0.2) is 18.2 Å². The lowest BCUT2D eigenvalue weighted by molar-refractivity contribution is -0.384. The first-order valence-electron chi connectivity index (χ1n) is 6.88. The van der Waals surface area contributed by atoms with E-state index in [0.717, 1.165) is 6.42 Å². The third-order valence-electron chi connectivity index (χ3n) is 4.18. The number of piperazine rings is 1. The monoisotopic (exact) mass is 289 g/mol. The molecule has 1 atom stereocenters. The number of aldehydes is 1. The van der Waals surface area contributed by atoms with Crippen LogP contribution >= 0.6 is 0 Å². The first-order chi connectivity index (χ1) is 10.1. The number of benzene rings is 1. The lowest BCUT2D eigenvalue weighted by Gasteiger charge is -2.39.